The molecular weight excluding hydrogens is 266 g/mol. The van der Waals surface area contributed by atoms with Gasteiger partial charge in [-0.15, -0.1) is 11.6 Å². The Morgan fingerprint density at radius 2 is 2.32 bits per heavy atom. The lowest BCUT2D eigenvalue weighted by Gasteiger charge is -2.25. The first kappa shape index (κ1) is 12.5. The third kappa shape index (κ3) is 1.90. The molecule has 3 rings (SSSR count). The van der Waals surface area contributed by atoms with Crippen LogP contribution in [0.5, 0.6) is 0 Å². The molecule has 1 N–H and O–H groups in total. The smallest absolute Gasteiger partial charge is 0.220 e. The van der Waals surface area contributed by atoms with E-state index in [-0.39, 0.29) is 11.9 Å². The number of amides is 1. The van der Waals surface area contributed by atoms with Gasteiger partial charge in [0.05, 0.1) is 17.6 Å². The van der Waals surface area contributed by atoms with Gasteiger partial charge in [0, 0.05) is 20.0 Å². The normalized spacial score (nSPS) is 19.9. The zero-order chi connectivity index (χ0) is 13.6. The Bertz CT molecular complexity index is 634. The summed E-state index contributed by atoms with van der Waals surface area (Å²) in [7, 11) is 1.91. The summed E-state index contributed by atoms with van der Waals surface area (Å²) < 4.78 is 3.96. The lowest BCUT2D eigenvalue weighted by atomic mass is 10.1. The summed E-state index contributed by atoms with van der Waals surface area (Å²) in [6.45, 7) is 2.57. The number of hydrogen-bond donors (Lipinski definition) is 1. The number of hydrogen-bond acceptors (Lipinski definition) is 3. The Labute approximate surface area is 115 Å². The summed E-state index contributed by atoms with van der Waals surface area (Å²) in [6.07, 6.45) is 1.36. The van der Waals surface area contributed by atoms with Crippen molar-refractivity contribution in [2.75, 3.05) is 6.54 Å². The molecule has 1 atom stereocenters. The molecule has 2 aromatic rings. The molecule has 1 amide bonds. The van der Waals surface area contributed by atoms with Crippen molar-refractivity contribution in [3.63, 3.8) is 0 Å². The van der Waals surface area contributed by atoms with Crippen LogP contribution in [0.25, 0.3) is 11.2 Å². The summed E-state index contributed by atoms with van der Waals surface area (Å²) in [5.74, 6) is 1.31. The van der Waals surface area contributed by atoms with E-state index in [1.807, 2.05) is 18.7 Å². The fourth-order valence-electron chi connectivity index (χ4n) is 2.76. The van der Waals surface area contributed by atoms with Gasteiger partial charge < -0.3 is 9.88 Å². The summed E-state index contributed by atoms with van der Waals surface area (Å²) in [5, 5.41) is 7.30. The van der Waals surface area contributed by atoms with Crippen LogP contribution in [-0.2, 0) is 17.7 Å². The number of aryl methyl sites for hydroxylation is 2. The van der Waals surface area contributed by atoms with Gasteiger partial charge in [-0.1, -0.05) is 0 Å². The Morgan fingerprint density at radius 3 is 2.95 bits per heavy atom. The van der Waals surface area contributed by atoms with Crippen LogP contribution in [0, 0.1) is 6.92 Å². The molecule has 1 fully saturated rings. The van der Waals surface area contributed by atoms with Crippen molar-refractivity contribution in [2.45, 2.75) is 31.7 Å². The molecule has 3 heterocycles. The predicted octanol–water partition coefficient (Wildman–Crippen LogP) is 1.27. The van der Waals surface area contributed by atoms with Crippen molar-refractivity contribution in [3.05, 3.63) is 11.5 Å². The topological polar surface area (TPSA) is 64.7 Å². The minimum Gasteiger partial charge on any atom is -0.354 e. The first-order valence-electron chi connectivity index (χ1n) is 6.35. The van der Waals surface area contributed by atoms with Gasteiger partial charge in [-0.2, -0.15) is 5.10 Å². The number of carbonyl (C=O) groups is 1. The number of nitrogens with zero attached hydrogens (tertiary/aromatic N) is 4. The van der Waals surface area contributed by atoms with E-state index >= 15 is 0 Å². The second-order valence-electron chi connectivity index (χ2n) is 4.91. The minimum atomic E-state index is 0.112. The maximum atomic E-state index is 11.3. The quantitative estimate of drug-likeness (QED) is 0.843. The maximum absolute atomic E-state index is 11.3. The molecule has 0 saturated carbocycles. The zero-order valence-electron chi connectivity index (χ0n) is 11.0. The monoisotopic (exact) mass is 281 g/mol. The highest BCUT2D eigenvalue weighted by Crippen LogP contribution is 2.27. The van der Waals surface area contributed by atoms with Crippen LogP contribution < -0.4 is 5.32 Å². The van der Waals surface area contributed by atoms with Gasteiger partial charge in [-0.3, -0.25) is 9.48 Å². The lowest BCUT2D eigenvalue weighted by molar-refractivity contribution is -0.122. The first-order chi connectivity index (χ1) is 9.11. The molecule has 19 heavy (non-hydrogen) atoms. The molecular formula is C12H16ClN5O. The highest BCUT2D eigenvalue weighted by Gasteiger charge is 2.26. The second-order valence-corrected chi connectivity index (χ2v) is 5.18. The highest BCUT2D eigenvalue weighted by atomic mass is 35.5. The number of piperidine rings is 1. The molecule has 0 aliphatic carbocycles. The van der Waals surface area contributed by atoms with E-state index < -0.39 is 0 Å². The summed E-state index contributed by atoms with van der Waals surface area (Å²) in [6, 6.07) is 0.200. The van der Waals surface area contributed by atoms with Crippen LogP contribution >= 0.6 is 11.6 Å². The van der Waals surface area contributed by atoms with E-state index in [4.69, 9.17) is 11.6 Å². The lowest BCUT2D eigenvalue weighted by Crippen LogP contribution is -2.36. The number of fused-ring (bicyclic) bond motifs is 1. The molecule has 1 saturated heterocycles. The molecule has 102 valence electrons. The minimum absolute atomic E-state index is 0.112. The van der Waals surface area contributed by atoms with E-state index in [2.05, 4.69) is 20.0 Å². The fraction of sp³-hybridized carbons (Fsp3) is 0.583. The molecule has 1 unspecified atom stereocenters. The van der Waals surface area contributed by atoms with Crippen molar-refractivity contribution in [1.82, 2.24) is 24.6 Å². The fourth-order valence-corrected chi connectivity index (χ4v) is 2.95. The van der Waals surface area contributed by atoms with Crippen LogP contribution in [-0.4, -0.2) is 31.8 Å². The third-order valence-electron chi connectivity index (χ3n) is 3.63. The summed E-state index contributed by atoms with van der Waals surface area (Å²) in [4.78, 5) is 15.9. The average Bonchev–Trinajstić information content (AvgIpc) is 2.90. The van der Waals surface area contributed by atoms with Crippen LogP contribution in [0.2, 0.25) is 0 Å². The van der Waals surface area contributed by atoms with Crippen LogP contribution in [0.1, 0.15) is 30.4 Å². The third-order valence-corrected chi connectivity index (χ3v) is 3.87. The van der Waals surface area contributed by atoms with Gasteiger partial charge in [0.2, 0.25) is 5.91 Å². The summed E-state index contributed by atoms with van der Waals surface area (Å²) in [5.41, 5.74) is 2.78. The number of halogens is 1. The standard InChI is InChI=1S/C12H16ClN5O/c1-7-11-12(17(2)16-7)18(9(5-13)15-11)8-3-4-10(19)14-6-8/h8H,3-6H2,1-2H3,(H,14,19). The average molecular weight is 282 g/mol. The maximum Gasteiger partial charge on any atom is 0.220 e. The van der Waals surface area contributed by atoms with E-state index in [0.717, 1.165) is 29.1 Å². The van der Waals surface area contributed by atoms with Crippen molar-refractivity contribution in [1.29, 1.82) is 0 Å². The molecule has 7 heteroatoms. The van der Waals surface area contributed by atoms with Crippen LogP contribution in [0.15, 0.2) is 0 Å². The number of alkyl halides is 1. The Kier molecular flexibility index (Phi) is 2.97. The molecule has 0 bridgehead atoms. The Hall–Kier alpha value is -1.56. The molecule has 2 aromatic heterocycles. The number of imidazole rings is 1. The molecule has 0 aromatic carbocycles. The molecule has 0 radical (unpaired) electrons. The van der Waals surface area contributed by atoms with Gasteiger partial charge in [0.25, 0.3) is 0 Å². The first-order valence-corrected chi connectivity index (χ1v) is 6.88. The Morgan fingerprint density at radius 1 is 1.53 bits per heavy atom. The van der Waals surface area contributed by atoms with E-state index in [1.165, 1.54) is 0 Å². The SMILES string of the molecule is Cc1nn(C)c2c1nc(CCl)n2C1CCC(=O)NC1. The highest BCUT2D eigenvalue weighted by molar-refractivity contribution is 6.16. The largest absolute Gasteiger partial charge is 0.354 e. The van der Waals surface area contributed by atoms with Crippen LogP contribution in [0.3, 0.4) is 0 Å². The second kappa shape index (κ2) is 4.52. The number of nitrogens with one attached hydrogen (secondary N) is 1. The molecule has 6 nitrogen and oxygen atoms in total. The van der Waals surface area contributed by atoms with E-state index in [9.17, 15) is 4.79 Å². The van der Waals surface area contributed by atoms with Crippen LogP contribution in [0.4, 0.5) is 0 Å². The van der Waals surface area contributed by atoms with Gasteiger partial charge in [0.15, 0.2) is 5.65 Å². The van der Waals surface area contributed by atoms with Crippen molar-refractivity contribution < 1.29 is 4.79 Å². The van der Waals surface area contributed by atoms with E-state index in [0.29, 0.717) is 18.8 Å². The van der Waals surface area contributed by atoms with E-state index in [1.54, 1.807) is 0 Å². The van der Waals surface area contributed by atoms with Crippen molar-refractivity contribution in [2.24, 2.45) is 7.05 Å². The number of aromatic nitrogens is 4. The molecule has 1 aliphatic rings. The number of carbonyl (C=O) groups excluding carboxylic acids is 1. The predicted molar refractivity (Wildman–Crippen MR) is 72.1 cm³/mol. The zero-order valence-corrected chi connectivity index (χ0v) is 11.7. The summed E-state index contributed by atoms with van der Waals surface area (Å²) >= 11 is 6.01. The number of rotatable bonds is 2. The van der Waals surface area contributed by atoms with Gasteiger partial charge in [-0.05, 0) is 13.3 Å². The molecule has 1 aliphatic heterocycles. The van der Waals surface area contributed by atoms with Crippen molar-refractivity contribution in [3.8, 4) is 0 Å². The molecule has 0 spiro atoms. The van der Waals surface area contributed by atoms with Gasteiger partial charge in [-0.25, -0.2) is 4.98 Å². The van der Waals surface area contributed by atoms with Gasteiger partial charge in [0.1, 0.15) is 11.3 Å². The Balaban J connectivity index is 2.12. The van der Waals surface area contributed by atoms with Gasteiger partial charge >= 0.3 is 0 Å². The van der Waals surface area contributed by atoms with Crippen molar-refractivity contribution >= 4 is 28.7 Å².